The van der Waals surface area contributed by atoms with Gasteiger partial charge >= 0.3 is 0 Å². The van der Waals surface area contributed by atoms with Crippen LogP contribution in [0.25, 0.3) is 0 Å². The average Bonchev–Trinajstić information content (AvgIpc) is 2.28. The second kappa shape index (κ2) is 5.98. The summed E-state index contributed by atoms with van der Waals surface area (Å²) in [5.74, 6) is -0.457. The van der Waals surface area contributed by atoms with Crippen molar-refractivity contribution in [1.29, 1.82) is 0 Å². The maximum atomic E-state index is 13.0. The monoisotopic (exact) mass is 258 g/mol. The molecule has 5 heteroatoms. The topological polar surface area (TPSA) is 32.3 Å². The molecule has 0 saturated carbocycles. The first-order valence-corrected chi connectivity index (χ1v) is 5.45. The van der Waals surface area contributed by atoms with Crippen molar-refractivity contribution in [1.82, 2.24) is 10.2 Å². The Hall–Kier alpha value is -1.13. The number of carbonyl (C=O) groups is 1. The van der Waals surface area contributed by atoms with Crippen LogP contribution in [0.15, 0.2) is 24.3 Å². The van der Waals surface area contributed by atoms with E-state index in [9.17, 15) is 9.18 Å². The van der Waals surface area contributed by atoms with Gasteiger partial charge in [-0.15, -0.1) is 12.4 Å². The Kier molecular flexibility index (Phi) is 4.90. The molecule has 0 aliphatic carbocycles. The van der Waals surface area contributed by atoms with Crippen LogP contribution in [0.3, 0.4) is 0 Å². The lowest BCUT2D eigenvalue weighted by Gasteiger charge is -2.31. The van der Waals surface area contributed by atoms with Gasteiger partial charge in [-0.05, 0) is 25.1 Å². The van der Waals surface area contributed by atoms with E-state index in [1.807, 2.05) is 6.92 Å². The number of hydrogen-bond acceptors (Lipinski definition) is 2. The summed E-state index contributed by atoms with van der Waals surface area (Å²) in [5.41, 5.74) is 0.425. The van der Waals surface area contributed by atoms with Gasteiger partial charge in [0.2, 0.25) is 0 Å². The van der Waals surface area contributed by atoms with Gasteiger partial charge in [0.05, 0.1) is 0 Å². The molecule has 1 saturated heterocycles. The first kappa shape index (κ1) is 13.9. The standard InChI is InChI=1S/C12H15FN2O.ClH/c1-9-8-15(6-5-14-9)12(16)10-3-2-4-11(13)7-10;/h2-4,7,9,14H,5-6,8H2,1H3;1H/t9-;/m0./s1. The van der Waals surface area contributed by atoms with Crippen LogP contribution in [0.4, 0.5) is 4.39 Å². The van der Waals surface area contributed by atoms with Gasteiger partial charge in [-0.2, -0.15) is 0 Å². The number of carbonyl (C=O) groups excluding carboxylic acids is 1. The van der Waals surface area contributed by atoms with Crippen molar-refractivity contribution in [3.8, 4) is 0 Å². The molecule has 94 valence electrons. The molecule has 1 aliphatic rings. The Morgan fingerprint density at radius 3 is 2.94 bits per heavy atom. The maximum absolute atomic E-state index is 13.0. The molecule has 1 aromatic rings. The van der Waals surface area contributed by atoms with Crippen molar-refractivity contribution in [2.45, 2.75) is 13.0 Å². The number of halogens is 2. The van der Waals surface area contributed by atoms with Crippen LogP contribution in [-0.2, 0) is 0 Å². The van der Waals surface area contributed by atoms with Gasteiger partial charge < -0.3 is 10.2 Å². The summed E-state index contributed by atoms with van der Waals surface area (Å²) >= 11 is 0. The summed E-state index contributed by atoms with van der Waals surface area (Å²) < 4.78 is 13.0. The summed E-state index contributed by atoms with van der Waals surface area (Å²) in [4.78, 5) is 13.8. The summed E-state index contributed by atoms with van der Waals surface area (Å²) in [6, 6.07) is 6.14. The average molecular weight is 259 g/mol. The first-order valence-electron chi connectivity index (χ1n) is 5.45. The lowest BCUT2D eigenvalue weighted by atomic mass is 10.1. The first-order chi connectivity index (χ1) is 7.66. The van der Waals surface area contributed by atoms with E-state index in [-0.39, 0.29) is 24.1 Å². The molecule has 2 rings (SSSR count). The van der Waals surface area contributed by atoms with E-state index in [2.05, 4.69) is 5.32 Å². The van der Waals surface area contributed by atoms with Crippen LogP contribution in [-0.4, -0.2) is 36.5 Å². The van der Waals surface area contributed by atoms with Gasteiger partial charge in [-0.1, -0.05) is 6.07 Å². The molecule has 0 radical (unpaired) electrons. The van der Waals surface area contributed by atoms with Crippen LogP contribution in [0.2, 0.25) is 0 Å². The highest BCUT2D eigenvalue weighted by Gasteiger charge is 2.21. The molecule has 0 bridgehead atoms. The van der Waals surface area contributed by atoms with E-state index in [1.54, 1.807) is 17.0 Å². The number of nitrogens with one attached hydrogen (secondary N) is 1. The van der Waals surface area contributed by atoms with Crippen molar-refractivity contribution < 1.29 is 9.18 Å². The van der Waals surface area contributed by atoms with Gasteiger partial charge in [-0.3, -0.25) is 4.79 Å². The molecule has 3 nitrogen and oxygen atoms in total. The maximum Gasteiger partial charge on any atom is 0.254 e. The van der Waals surface area contributed by atoms with Crippen molar-refractivity contribution in [3.05, 3.63) is 35.6 Å². The minimum atomic E-state index is -0.367. The highest BCUT2D eigenvalue weighted by atomic mass is 35.5. The van der Waals surface area contributed by atoms with Crippen LogP contribution in [0, 0.1) is 5.82 Å². The van der Waals surface area contributed by atoms with E-state index in [0.29, 0.717) is 24.7 Å². The summed E-state index contributed by atoms with van der Waals surface area (Å²) in [6.07, 6.45) is 0. The second-order valence-electron chi connectivity index (χ2n) is 4.12. The third kappa shape index (κ3) is 3.41. The number of nitrogens with zero attached hydrogens (tertiary/aromatic N) is 1. The minimum Gasteiger partial charge on any atom is -0.336 e. The highest BCUT2D eigenvalue weighted by molar-refractivity contribution is 5.94. The Morgan fingerprint density at radius 1 is 1.53 bits per heavy atom. The fourth-order valence-corrected chi connectivity index (χ4v) is 1.92. The quantitative estimate of drug-likeness (QED) is 0.831. The molecule has 1 N–H and O–H groups in total. The highest BCUT2D eigenvalue weighted by Crippen LogP contribution is 2.09. The normalized spacial score (nSPS) is 19.6. The van der Waals surface area contributed by atoms with Gasteiger partial charge in [0.25, 0.3) is 5.91 Å². The number of rotatable bonds is 1. The Bertz CT molecular complexity index is 400. The van der Waals surface area contributed by atoms with E-state index in [4.69, 9.17) is 0 Å². The van der Waals surface area contributed by atoms with Gasteiger partial charge in [0.15, 0.2) is 0 Å². The molecule has 0 aromatic heterocycles. The SMILES string of the molecule is C[C@H]1CN(C(=O)c2cccc(F)c2)CCN1.Cl. The fraction of sp³-hybridized carbons (Fsp3) is 0.417. The molecule has 17 heavy (non-hydrogen) atoms. The molecular weight excluding hydrogens is 243 g/mol. The van der Waals surface area contributed by atoms with E-state index >= 15 is 0 Å². The number of piperazine rings is 1. The van der Waals surface area contributed by atoms with Crippen molar-refractivity contribution in [2.24, 2.45) is 0 Å². The zero-order valence-electron chi connectivity index (χ0n) is 9.65. The van der Waals surface area contributed by atoms with E-state index in [1.165, 1.54) is 12.1 Å². The smallest absolute Gasteiger partial charge is 0.254 e. The van der Waals surface area contributed by atoms with Crippen molar-refractivity contribution in [3.63, 3.8) is 0 Å². The second-order valence-corrected chi connectivity index (χ2v) is 4.12. The summed E-state index contributed by atoms with van der Waals surface area (Å²) in [5, 5.41) is 3.26. The van der Waals surface area contributed by atoms with Gasteiger partial charge in [0, 0.05) is 31.2 Å². The molecule has 1 heterocycles. The Morgan fingerprint density at radius 2 is 2.29 bits per heavy atom. The summed E-state index contributed by atoms with van der Waals surface area (Å²) in [6.45, 7) is 4.18. The molecular formula is C12H16ClFN2O. The van der Waals surface area contributed by atoms with Crippen LogP contribution in [0.1, 0.15) is 17.3 Å². The molecule has 1 atom stereocenters. The molecule has 1 aliphatic heterocycles. The Labute approximate surface area is 106 Å². The number of hydrogen-bond donors (Lipinski definition) is 1. The molecule has 0 spiro atoms. The third-order valence-electron chi connectivity index (χ3n) is 2.73. The van der Waals surface area contributed by atoms with E-state index < -0.39 is 0 Å². The number of benzene rings is 1. The lowest BCUT2D eigenvalue weighted by molar-refractivity contribution is 0.0708. The summed E-state index contributed by atoms with van der Waals surface area (Å²) in [7, 11) is 0. The van der Waals surface area contributed by atoms with Crippen LogP contribution in [0.5, 0.6) is 0 Å². The predicted molar refractivity (Wildman–Crippen MR) is 67.0 cm³/mol. The largest absolute Gasteiger partial charge is 0.336 e. The minimum absolute atomic E-state index is 0. The molecule has 1 fully saturated rings. The lowest BCUT2D eigenvalue weighted by Crippen LogP contribution is -2.51. The van der Waals surface area contributed by atoms with Gasteiger partial charge in [0.1, 0.15) is 5.82 Å². The third-order valence-corrected chi connectivity index (χ3v) is 2.73. The zero-order chi connectivity index (χ0) is 11.5. The predicted octanol–water partition coefficient (Wildman–Crippen LogP) is 1.68. The molecule has 1 aromatic carbocycles. The van der Waals surface area contributed by atoms with Crippen LogP contribution >= 0.6 is 12.4 Å². The molecule has 0 unspecified atom stereocenters. The Balaban J connectivity index is 0.00000144. The van der Waals surface area contributed by atoms with Crippen LogP contribution < -0.4 is 5.32 Å². The van der Waals surface area contributed by atoms with Crippen molar-refractivity contribution >= 4 is 18.3 Å². The van der Waals surface area contributed by atoms with E-state index in [0.717, 1.165) is 6.54 Å². The number of amides is 1. The van der Waals surface area contributed by atoms with Crippen molar-refractivity contribution in [2.75, 3.05) is 19.6 Å². The fourth-order valence-electron chi connectivity index (χ4n) is 1.92. The van der Waals surface area contributed by atoms with Gasteiger partial charge in [-0.25, -0.2) is 4.39 Å². The molecule has 1 amide bonds. The zero-order valence-corrected chi connectivity index (χ0v) is 10.5.